The number of rotatable bonds is 3. The summed E-state index contributed by atoms with van der Waals surface area (Å²) in [5, 5.41) is 0.506. The Kier molecular flexibility index (Phi) is 4.69. The van der Waals surface area contributed by atoms with Crippen LogP contribution in [-0.4, -0.2) is 14.5 Å². The maximum atomic E-state index is 12.2. The first-order valence-electron chi connectivity index (χ1n) is 5.96. The highest BCUT2D eigenvalue weighted by Crippen LogP contribution is 2.26. The van der Waals surface area contributed by atoms with Crippen LogP contribution in [0.5, 0.6) is 0 Å². The molecule has 0 radical (unpaired) electrons. The summed E-state index contributed by atoms with van der Waals surface area (Å²) < 4.78 is 27.7. The Balaban J connectivity index is 2.16. The number of nitrogens with one attached hydrogen (secondary N) is 1. The maximum Gasteiger partial charge on any atom is 0.240 e. The Morgan fingerprint density at radius 1 is 1.22 bits per heavy atom. The lowest BCUT2D eigenvalue weighted by molar-refractivity contribution is 0.412. The minimum Gasteiger partial charge on any atom is -0.208 e. The van der Waals surface area contributed by atoms with Crippen LogP contribution < -0.4 is 4.72 Å². The Bertz CT molecular complexity index is 527. The second kappa shape index (κ2) is 5.90. The van der Waals surface area contributed by atoms with E-state index in [4.69, 9.17) is 11.6 Å². The van der Waals surface area contributed by atoms with Crippen LogP contribution >= 0.6 is 27.5 Å². The van der Waals surface area contributed by atoms with Crippen molar-refractivity contribution < 1.29 is 8.42 Å². The molecule has 3 nitrogen and oxygen atoms in total. The number of halogens is 2. The molecular formula is C12H15BrClNO2S. The first-order chi connectivity index (χ1) is 8.49. The van der Waals surface area contributed by atoms with Crippen molar-refractivity contribution in [3.8, 4) is 0 Å². The molecule has 6 heteroatoms. The molecule has 1 aromatic rings. The molecule has 0 aromatic heterocycles. The van der Waals surface area contributed by atoms with Gasteiger partial charge in [-0.1, -0.05) is 30.9 Å². The van der Waals surface area contributed by atoms with Gasteiger partial charge in [0.2, 0.25) is 10.0 Å². The monoisotopic (exact) mass is 351 g/mol. The van der Waals surface area contributed by atoms with Crippen LogP contribution in [0.15, 0.2) is 27.6 Å². The molecule has 0 amide bonds. The molecule has 1 aliphatic carbocycles. The molecule has 1 saturated carbocycles. The Hall–Kier alpha value is -0.100. The van der Waals surface area contributed by atoms with Crippen molar-refractivity contribution >= 4 is 37.6 Å². The van der Waals surface area contributed by atoms with E-state index in [2.05, 4.69) is 20.7 Å². The van der Waals surface area contributed by atoms with Crippen molar-refractivity contribution in [1.29, 1.82) is 0 Å². The predicted molar refractivity (Wildman–Crippen MR) is 76.3 cm³/mol. The quantitative estimate of drug-likeness (QED) is 0.901. The second-order valence-electron chi connectivity index (χ2n) is 4.53. The van der Waals surface area contributed by atoms with E-state index in [-0.39, 0.29) is 10.9 Å². The summed E-state index contributed by atoms with van der Waals surface area (Å²) in [6.07, 6.45) is 5.24. The molecular weight excluding hydrogens is 338 g/mol. The minimum atomic E-state index is -3.44. The van der Waals surface area contributed by atoms with Crippen molar-refractivity contribution in [2.45, 2.75) is 43.0 Å². The number of hydrogen-bond acceptors (Lipinski definition) is 2. The SMILES string of the molecule is O=S(=O)(NC1CCCCC1)c1ccc(Cl)c(Br)c1. The molecule has 0 bridgehead atoms. The van der Waals surface area contributed by atoms with Crippen LogP contribution in [-0.2, 0) is 10.0 Å². The lowest BCUT2D eigenvalue weighted by Gasteiger charge is -2.22. The first kappa shape index (κ1) is 14.3. The van der Waals surface area contributed by atoms with Crippen molar-refractivity contribution in [2.75, 3.05) is 0 Å². The third-order valence-corrected chi connectivity index (χ3v) is 5.86. The summed E-state index contributed by atoms with van der Waals surface area (Å²) in [5.74, 6) is 0. The van der Waals surface area contributed by atoms with Gasteiger partial charge in [0, 0.05) is 10.5 Å². The van der Waals surface area contributed by atoms with Gasteiger partial charge in [0.05, 0.1) is 9.92 Å². The van der Waals surface area contributed by atoms with E-state index in [0.29, 0.717) is 9.50 Å². The summed E-state index contributed by atoms with van der Waals surface area (Å²) in [4.78, 5) is 0.254. The molecule has 2 rings (SSSR count). The topological polar surface area (TPSA) is 46.2 Å². The van der Waals surface area contributed by atoms with Crippen LogP contribution in [0.2, 0.25) is 5.02 Å². The lowest BCUT2D eigenvalue weighted by Crippen LogP contribution is -2.36. The molecule has 1 N–H and O–H groups in total. The fourth-order valence-corrected chi connectivity index (χ4v) is 4.13. The van der Waals surface area contributed by atoms with Crippen molar-refractivity contribution in [3.63, 3.8) is 0 Å². The van der Waals surface area contributed by atoms with Gasteiger partial charge in [0.15, 0.2) is 0 Å². The molecule has 18 heavy (non-hydrogen) atoms. The van der Waals surface area contributed by atoms with E-state index >= 15 is 0 Å². The zero-order valence-corrected chi connectivity index (χ0v) is 13.0. The third-order valence-electron chi connectivity index (χ3n) is 3.13. The normalized spacial score (nSPS) is 17.9. The smallest absolute Gasteiger partial charge is 0.208 e. The van der Waals surface area contributed by atoms with E-state index in [1.54, 1.807) is 6.07 Å². The van der Waals surface area contributed by atoms with Crippen LogP contribution in [0.4, 0.5) is 0 Å². The summed E-state index contributed by atoms with van der Waals surface area (Å²) in [5.41, 5.74) is 0. The molecule has 1 fully saturated rings. The van der Waals surface area contributed by atoms with Gasteiger partial charge in [-0.05, 0) is 47.0 Å². The molecule has 0 spiro atoms. The van der Waals surface area contributed by atoms with Crippen LogP contribution in [0, 0.1) is 0 Å². The standard InChI is InChI=1S/C12H15BrClNO2S/c13-11-8-10(6-7-12(11)14)18(16,17)15-9-4-2-1-3-5-9/h6-9,15H,1-5H2. The summed E-state index contributed by atoms with van der Waals surface area (Å²) >= 11 is 9.10. The Morgan fingerprint density at radius 3 is 2.50 bits per heavy atom. The Morgan fingerprint density at radius 2 is 1.89 bits per heavy atom. The summed E-state index contributed by atoms with van der Waals surface area (Å²) in [6.45, 7) is 0. The zero-order chi connectivity index (χ0) is 13.2. The third kappa shape index (κ3) is 3.47. The predicted octanol–water partition coefficient (Wildman–Crippen LogP) is 3.71. The molecule has 1 aromatic carbocycles. The van der Waals surface area contributed by atoms with Gasteiger partial charge in [0.25, 0.3) is 0 Å². The van der Waals surface area contributed by atoms with Crippen molar-refractivity contribution in [1.82, 2.24) is 4.72 Å². The minimum absolute atomic E-state index is 0.0678. The highest BCUT2D eigenvalue weighted by atomic mass is 79.9. The highest BCUT2D eigenvalue weighted by molar-refractivity contribution is 9.10. The van der Waals surface area contributed by atoms with Crippen molar-refractivity contribution in [2.24, 2.45) is 0 Å². The molecule has 0 heterocycles. The summed E-state index contributed by atoms with van der Waals surface area (Å²) in [7, 11) is -3.44. The van der Waals surface area contributed by atoms with E-state index < -0.39 is 10.0 Å². The highest BCUT2D eigenvalue weighted by Gasteiger charge is 2.22. The van der Waals surface area contributed by atoms with Crippen molar-refractivity contribution in [3.05, 3.63) is 27.7 Å². The molecule has 1 aliphatic rings. The number of benzene rings is 1. The average Bonchev–Trinajstić information content (AvgIpc) is 2.33. The van der Waals surface area contributed by atoms with Gasteiger partial charge in [0.1, 0.15) is 0 Å². The fourth-order valence-electron chi connectivity index (χ4n) is 2.15. The van der Waals surface area contributed by atoms with Gasteiger partial charge >= 0.3 is 0 Å². The number of hydrogen-bond donors (Lipinski definition) is 1. The van der Waals surface area contributed by atoms with E-state index in [1.807, 2.05) is 0 Å². The Labute approximate surface area is 121 Å². The molecule has 0 unspecified atom stereocenters. The van der Waals surface area contributed by atoms with Gasteiger partial charge in [-0.3, -0.25) is 0 Å². The maximum absolute atomic E-state index is 12.2. The van der Waals surface area contributed by atoms with Crippen LogP contribution in [0.3, 0.4) is 0 Å². The molecule has 100 valence electrons. The second-order valence-corrected chi connectivity index (χ2v) is 7.51. The van der Waals surface area contributed by atoms with Crippen LogP contribution in [0.25, 0.3) is 0 Å². The van der Waals surface area contributed by atoms with E-state index in [9.17, 15) is 8.42 Å². The summed E-state index contributed by atoms with van der Waals surface area (Å²) in [6, 6.07) is 4.71. The molecule has 0 aliphatic heterocycles. The first-order valence-corrected chi connectivity index (χ1v) is 8.62. The van der Waals surface area contributed by atoms with Gasteiger partial charge < -0.3 is 0 Å². The van der Waals surface area contributed by atoms with Gasteiger partial charge in [-0.2, -0.15) is 0 Å². The van der Waals surface area contributed by atoms with Gasteiger partial charge in [-0.15, -0.1) is 0 Å². The fraction of sp³-hybridized carbons (Fsp3) is 0.500. The number of sulfonamides is 1. The lowest BCUT2D eigenvalue weighted by atomic mass is 9.96. The van der Waals surface area contributed by atoms with Crippen LogP contribution in [0.1, 0.15) is 32.1 Å². The average molecular weight is 353 g/mol. The van der Waals surface area contributed by atoms with E-state index in [1.165, 1.54) is 18.6 Å². The van der Waals surface area contributed by atoms with E-state index in [0.717, 1.165) is 25.7 Å². The molecule has 0 atom stereocenters. The largest absolute Gasteiger partial charge is 0.240 e. The zero-order valence-electron chi connectivity index (χ0n) is 9.83. The van der Waals surface area contributed by atoms with Gasteiger partial charge in [-0.25, -0.2) is 13.1 Å². The molecule has 0 saturated heterocycles.